The van der Waals surface area contributed by atoms with Crippen LogP contribution < -0.4 is 5.56 Å². The number of rotatable bonds is 1. The number of aromatic nitrogens is 2. The minimum Gasteiger partial charge on any atom is -0.306 e. The molecule has 2 rings (SSSR count). The van der Waals surface area contributed by atoms with Crippen molar-refractivity contribution in [1.82, 2.24) is 9.97 Å². The van der Waals surface area contributed by atoms with Crippen molar-refractivity contribution in [3.8, 4) is 11.4 Å². The molecular weight excluding hydrogens is 359 g/mol. The summed E-state index contributed by atoms with van der Waals surface area (Å²) in [6.45, 7) is 0. The zero-order valence-electron chi connectivity index (χ0n) is 7.80. The molecule has 0 saturated carbocycles. The number of H-pyrrole nitrogens is 1. The molecule has 1 heterocycles. The molecule has 0 spiro atoms. The molecule has 1 N–H and O–H groups in total. The number of hydrogen-bond acceptors (Lipinski definition) is 2. The van der Waals surface area contributed by atoms with Crippen molar-refractivity contribution in [3.63, 3.8) is 0 Å². The summed E-state index contributed by atoms with van der Waals surface area (Å²) in [6.07, 6.45) is 1.45. The van der Waals surface area contributed by atoms with Crippen molar-refractivity contribution in [1.29, 1.82) is 0 Å². The number of nitrogens with one attached hydrogen (secondary N) is 1. The summed E-state index contributed by atoms with van der Waals surface area (Å²) in [6, 6.07) is 5.36. The fourth-order valence-corrected chi connectivity index (χ4v) is 1.96. The number of benzene rings is 1. The van der Waals surface area contributed by atoms with Crippen LogP contribution in [0.4, 0.5) is 0 Å². The molecule has 16 heavy (non-hydrogen) atoms. The van der Waals surface area contributed by atoms with Gasteiger partial charge in [0.25, 0.3) is 5.56 Å². The highest BCUT2D eigenvalue weighted by Gasteiger charge is 2.07. The van der Waals surface area contributed by atoms with Crippen LogP contribution in [0.2, 0.25) is 5.02 Å². The van der Waals surface area contributed by atoms with Crippen molar-refractivity contribution in [3.05, 3.63) is 48.7 Å². The Kier molecular flexibility index (Phi) is 3.47. The van der Waals surface area contributed by atoms with Gasteiger partial charge in [0.2, 0.25) is 0 Å². The van der Waals surface area contributed by atoms with Crippen molar-refractivity contribution < 1.29 is 0 Å². The quantitative estimate of drug-likeness (QED) is 0.840. The zero-order chi connectivity index (χ0) is 11.7. The molecule has 0 aliphatic carbocycles. The molecule has 0 atom stereocenters. The van der Waals surface area contributed by atoms with Gasteiger partial charge in [-0.05, 0) is 34.1 Å². The number of halogens is 3. The van der Waals surface area contributed by atoms with Crippen LogP contribution in [0.1, 0.15) is 0 Å². The van der Waals surface area contributed by atoms with E-state index >= 15 is 0 Å². The van der Waals surface area contributed by atoms with Crippen LogP contribution >= 0.6 is 43.5 Å². The number of nitrogens with zero attached hydrogens (tertiary/aromatic N) is 1. The third kappa shape index (κ3) is 2.36. The molecule has 0 radical (unpaired) electrons. The van der Waals surface area contributed by atoms with E-state index in [1.54, 1.807) is 12.1 Å². The molecule has 82 valence electrons. The van der Waals surface area contributed by atoms with Crippen molar-refractivity contribution in [2.24, 2.45) is 0 Å². The topological polar surface area (TPSA) is 45.8 Å². The number of hydrogen-bond donors (Lipinski definition) is 1. The van der Waals surface area contributed by atoms with Gasteiger partial charge >= 0.3 is 0 Å². The van der Waals surface area contributed by atoms with E-state index in [2.05, 4.69) is 41.8 Å². The molecule has 0 amide bonds. The van der Waals surface area contributed by atoms with Crippen molar-refractivity contribution in [2.75, 3.05) is 0 Å². The van der Waals surface area contributed by atoms with Gasteiger partial charge in [0, 0.05) is 16.2 Å². The molecule has 2 aromatic rings. The van der Waals surface area contributed by atoms with Gasteiger partial charge in [-0.25, -0.2) is 4.98 Å². The molecule has 6 heteroatoms. The lowest BCUT2D eigenvalue weighted by Gasteiger charge is -2.03. The zero-order valence-corrected chi connectivity index (χ0v) is 11.7. The summed E-state index contributed by atoms with van der Waals surface area (Å²) in [5.74, 6) is 0.444. The van der Waals surface area contributed by atoms with Crippen LogP contribution in [0, 0.1) is 0 Å². The van der Waals surface area contributed by atoms with Crippen molar-refractivity contribution >= 4 is 43.5 Å². The van der Waals surface area contributed by atoms with Gasteiger partial charge in [-0.15, -0.1) is 0 Å². The summed E-state index contributed by atoms with van der Waals surface area (Å²) in [5, 5.41) is 0.536. The first kappa shape index (κ1) is 11.8. The molecule has 0 aliphatic heterocycles. The lowest BCUT2D eigenvalue weighted by Crippen LogP contribution is -2.09. The Morgan fingerprint density at radius 1 is 1.31 bits per heavy atom. The predicted molar refractivity (Wildman–Crippen MR) is 70.7 cm³/mol. The molecule has 0 aliphatic rings. The van der Waals surface area contributed by atoms with E-state index in [-0.39, 0.29) is 5.56 Å². The van der Waals surface area contributed by atoms with Crippen LogP contribution in [0.25, 0.3) is 11.4 Å². The lowest BCUT2D eigenvalue weighted by atomic mass is 10.2. The maximum Gasteiger partial charge on any atom is 0.265 e. The summed E-state index contributed by atoms with van der Waals surface area (Å²) < 4.78 is 1.26. The van der Waals surface area contributed by atoms with E-state index in [9.17, 15) is 4.79 Å². The number of aromatic amines is 1. The molecule has 1 aromatic heterocycles. The van der Waals surface area contributed by atoms with Crippen LogP contribution in [-0.4, -0.2) is 9.97 Å². The Balaban J connectivity index is 2.63. The molecule has 0 saturated heterocycles. The fourth-order valence-electron chi connectivity index (χ4n) is 1.20. The molecule has 0 bridgehead atoms. The van der Waals surface area contributed by atoms with Crippen molar-refractivity contribution in [2.45, 2.75) is 0 Å². The first-order valence-corrected chi connectivity index (χ1v) is 6.24. The Morgan fingerprint density at radius 3 is 2.75 bits per heavy atom. The predicted octanol–water partition coefficient (Wildman–Crippen LogP) is 3.62. The Labute approximate surface area is 113 Å². The molecule has 0 fully saturated rings. The van der Waals surface area contributed by atoms with Gasteiger partial charge in [-0.3, -0.25) is 4.79 Å². The second kappa shape index (κ2) is 4.69. The second-order valence-corrected chi connectivity index (χ2v) is 5.21. The van der Waals surface area contributed by atoms with Gasteiger partial charge in [-0.2, -0.15) is 0 Å². The van der Waals surface area contributed by atoms with Crippen LogP contribution in [0.15, 0.2) is 38.1 Å². The average molecular weight is 364 g/mol. The van der Waals surface area contributed by atoms with E-state index in [0.717, 1.165) is 4.47 Å². The monoisotopic (exact) mass is 362 g/mol. The minimum absolute atomic E-state index is 0.235. The Hall–Kier alpha value is -0.650. The summed E-state index contributed by atoms with van der Waals surface area (Å²) in [7, 11) is 0. The average Bonchev–Trinajstić information content (AvgIpc) is 2.26. The normalized spacial score (nSPS) is 10.4. The molecule has 0 unspecified atom stereocenters. The van der Waals surface area contributed by atoms with Gasteiger partial charge < -0.3 is 4.98 Å². The smallest absolute Gasteiger partial charge is 0.265 e. The fraction of sp³-hybridized carbons (Fsp3) is 0. The van der Waals surface area contributed by atoms with Crippen LogP contribution in [0.5, 0.6) is 0 Å². The van der Waals surface area contributed by atoms with E-state index in [1.165, 1.54) is 6.20 Å². The Morgan fingerprint density at radius 2 is 2.06 bits per heavy atom. The van der Waals surface area contributed by atoms with E-state index in [4.69, 9.17) is 11.6 Å². The molecule has 3 nitrogen and oxygen atoms in total. The van der Waals surface area contributed by atoms with Gasteiger partial charge in [0.1, 0.15) is 10.3 Å². The van der Waals surface area contributed by atoms with Crippen LogP contribution in [0.3, 0.4) is 0 Å². The van der Waals surface area contributed by atoms with Gasteiger partial charge in [0.05, 0.1) is 5.02 Å². The highest BCUT2D eigenvalue weighted by Crippen LogP contribution is 2.27. The second-order valence-electron chi connectivity index (χ2n) is 3.03. The third-order valence-electron chi connectivity index (χ3n) is 1.94. The lowest BCUT2D eigenvalue weighted by molar-refractivity contribution is 1.11. The summed E-state index contributed by atoms with van der Waals surface area (Å²) in [4.78, 5) is 18.2. The first-order chi connectivity index (χ1) is 7.58. The highest BCUT2D eigenvalue weighted by atomic mass is 79.9. The van der Waals surface area contributed by atoms with E-state index in [0.29, 0.717) is 20.9 Å². The van der Waals surface area contributed by atoms with Crippen LogP contribution in [-0.2, 0) is 0 Å². The largest absolute Gasteiger partial charge is 0.306 e. The van der Waals surface area contributed by atoms with Gasteiger partial charge in [0.15, 0.2) is 0 Å². The standard InChI is InChI=1S/C10H5Br2ClN2O/c11-5-1-2-8(13)6(3-5)9-14-4-7(12)10(16)15-9/h1-4H,(H,14,15,16). The van der Waals surface area contributed by atoms with Gasteiger partial charge in [-0.1, -0.05) is 27.5 Å². The summed E-state index contributed by atoms with van der Waals surface area (Å²) in [5.41, 5.74) is 0.446. The molecule has 1 aromatic carbocycles. The maximum absolute atomic E-state index is 11.4. The SMILES string of the molecule is O=c1[nH]c(-c2cc(Br)ccc2Cl)ncc1Br. The minimum atomic E-state index is -0.235. The third-order valence-corrected chi connectivity index (χ3v) is 3.33. The van der Waals surface area contributed by atoms with E-state index in [1.807, 2.05) is 6.07 Å². The van der Waals surface area contributed by atoms with E-state index < -0.39 is 0 Å². The highest BCUT2D eigenvalue weighted by molar-refractivity contribution is 9.10. The maximum atomic E-state index is 11.4. The summed E-state index contributed by atoms with van der Waals surface area (Å²) >= 11 is 12.5. The first-order valence-electron chi connectivity index (χ1n) is 4.28. The molecular formula is C10H5Br2ClN2O. The Bertz CT molecular complexity index is 598.